The second kappa shape index (κ2) is 4.62. The zero-order valence-corrected chi connectivity index (χ0v) is 12.2. The van der Waals surface area contributed by atoms with Gasteiger partial charge in [-0.1, -0.05) is 66.2 Å². The van der Waals surface area contributed by atoms with Gasteiger partial charge in [0.25, 0.3) is 0 Å². The first-order valence-electron chi connectivity index (χ1n) is 6.50. The molecule has 20 heavy (non-hydrogen) atoms. The zero-order chi connectivity index (χ0) is 13.5. The molecule has 0 saturated carbocycles. The highest BCUT2D eigenvalue weighted by molar-refractivity contribution is 7.26. The van der Waals surface area contributed by atoms with E-state index < -0.39 is 0 Å². The maximum atomic E-state index is 6.70. The van der Waals surface area contributed by atoms with E-state index in [0.29, 0.717) is 0 Å². The summed E-state index contributed by atoms with van der Waals surface area (Å²) in [6, 6.07) is 23.0. The highest BCUT2D eigenvalue weighted by Gasteiger charge is 2.12. The minimum Gasteiger partial charge on any atom is -0.135 e. The summed E-state index contributed by atoms with van der Waals surface area (Å²) in [5, 5.41) is 3.27. The average Bonchev–Trinajstić information content (AvgIpc) is 2.88. The molecule has 0 unspecified atom stereocenters. The summed E-state index contributed by atoms with van der Waals surface area (Å²) in [6.07, 6.45) is 0. The van der Waals surface area contributed by atoms with E-state index in [1.807, 2.05) is 18.2 Å². The van der Waals surface area contributed by atoms with Crippen molar-refractivity contribution in [2.24, 2.45) is 0 Å². The van der Waals surface area contributed by atoms with Crippen molar-refractivity contribution in [2.45, 2.75) is 0 Å². The van der Waals surface area contributed by atoms with E-state index in [-0.39, 0.29) is 0 Å². The smallest absolute Gasteiger partial charge is 0.0577 e. The van der Waals surface area contributed by atoms with Gasteiger partial charge >= 0.3 is 0 Å². The number of hydrogen-bond donors (Lipinski definition) is 0. The zero-order valence-electron chi connectivity index (χ0n) is 10.6. The first kappa shape index (κ1) is 12.0. The Morgan fingerprint density at radius 3 is 2.30 bits per heavy atom. The largest absolute Gasteiger partial charge is 0.135 e. The number of rotatable bonds is 1. The summed E-state index contributed by atoms with van der Waals surface area (Å²) in [5.41, 5.74) is 2.26. The third kappa shape index (κ3) is 1.75. The highest BCUT2D eigenvalue weighted by atomic mass is 35.5. The molecule has 0 aliphatic heterocycles. The quantitative estimate of drug-likeness (QED) is 0.382. The van der Waals surface area contributed by atoms with Crippen LogP contribution in [0.25, 0.3) is 31.3 Å². The number of benzene rings is 3. The van der Waals surface area contributed by atoms with Gasteiger partial charge in [-0.2, -0.15) is 0 Å². The van der Waals surface area contributed by atoms with Crippen molar-refractivity contribution < 1.29 is 0 Å². The van der Waals surface area contributed by atoms with E-state index in [0.717, 1.165) is 16.1 Å². The topological polar surface area (TPSA) is 0 Å². The van der Waals surface area contributed by atoms with Gasteiger partial charge in [-0.25, -0.2) is 0 Å². The molecule has 96 valence electrons. The first-order chi connectivity index (χ1) is 9.84. The van der Waals surface area contributed by atoms with Crippen LogP contribution in [0.5, 0.6) is 0 Å². The maximum Gasteiger partial charge on any atom is 0.0577 e. The number of thiophene rings is 1. The molecule has 0 nitrogen and oxygen atoms in total. The summed E-state index contributed by atoms with van der Waals surface area (Å²) in [6.45, 7) is 0. The van der Waals surface area contributed by atoms with Crippen LogP contribution < -0.4 is 0 Å². The van der Waals surface area contributed by atoms with Crippen molar-refractivity contribution >= 4 is 43.1 Å². The van der Waals surface area contributed by atoms with Gasteiger partial charge in [0.05, 0.1) is 5.02 Å². The molecule has 0 fully saturated rings. The van der Waals surface area contributed by atoms with Gasteiger partial charge in [-0.3, -0.25) is 0 Å². The lowest BCUT2D eigenvalue weighted by atomic mass is 10.0. The molecule has 4 rings (SSSR count). The van der Waals surface area contributed by atoms with Crippen LogP contribution in [0.2, 0.25) is 5.02 Å². The third-order valence-corrected chi connectivity index (χ3v) is 5.09. The molecule has 0 aliphatic rings. The molecule has 0 atom stereocenters. The van der Waals surface area contributed by atoms with Crippen molar-refractivity contribution in [3.05, 3.63) is 71.8 Å². The molecular weight excluding hydrogens is 284 g/mol. The lowest BCUT2D eigenvalue weighted by Crippen LogP contribution is -1.79. The number of hydrogen-bond acceptors (Lipinski definition) is 1. The normalized spacial score (nSPS) is 11.2. The Labute approximate surface area is 126 Å². The second-order valence-corrected chi connectivity index (χ2v) is 6.23. The van der Waals surface area contributed by atoms with E-state index in [1.165, 1.54) is 20.2 Å². The predicted octanol–water partition coefficient (Wildman–Crippen LogP) is 6.37. The monoisotopic (exact) mass is 294 g/mol. The van der Waals surface area contributed by atoms with Gasteiger partial charge in [0.15, 0.2) is 0 Å². The standard InChI is InChI=1S/C18H11ClS/c19-18-13(12-6-2-1-3-7-12)10-11-16-17(18)14-8-4-5-9-15(14)20-16/h1-11H. The molecule has 0 amide bonds. The van der Waals surface area contributed by atoms with Crippen LogP contribution in [0.1, 0.15) is 0 Å². The molecule has 0 saturated heterocycles. The Hall–Kier alpha value is -1.83. The van der Waals surface area contributed by atoms with Crippen molar-refractivity contribution in [2.75, 3.05) is 0 Å². The number of fused-ring (bicyclic) bond motifs is 3. The van der Waals surface area contributed by atoms with Crippen LogP contribution in [0.3, 0.4) is 0 Å². The molecule has 0 bridgehead atoms. The molecule has 3 aromatic carbocycles. The minimum absolute atomic E-state index is 0.853. The fourth-order valence-corrected chi connectivity index (χ4v) is 4.16. The van der Waals surface area contributed by atoms with Gasteiger partial charge in [0, 0.05) is 25.7 Å². The third-order valence-electron chi connectivity index (χ3n) is 3.56. The minimum atomic E-state index is 0.853. The molecular formula is C18H11ClS. The van der Waals surface area contributed by atoms with Crippen LogP contribution in [0.15, 0.2) is 66.7 Å². The molecule has 0 aliphatic carbocycles. The molecule has 0 spiro atoms. The van der Waals surface area contributed by atoms with E-state index >= 15 is 0 Å². The van der Waals surface area contributed by atoms with Gasteiger partial charge in [-0.05, 0) is 17.7 Å². The van der Waals surface area contributed by atoms with E-state index in [1.54, 1.807) is 11.3 Å². The SMILES string of the molecule is Clc1c(-c2ccccc2)ccc2sc3ccccc3c12. The van der Waals surface area contributed by atoms with E-state index in [2.05, 4.69) is 48.5 Å². The Morgan fingerprint density at radius 2 is 1.45 bits per heavy atom. The highest BCUT2D eigenvalue weighted by Crippen LogP contribution is 2.42. The fraction of sp³-hybridized carbons (Fsp3) is 0. The van der Waals surface area contributed by atoms with Crippen molar-refractivity contribution in [1.29, 1.82) is 0 Å². The van der Waals surface area contributed by atoms with E-state index in [9.17, 15) is 0 Å². The Morgan fingerprint density at radius 1 is 0.700 bits per heavy atom. The van der Waals surface area contributed by atoms with Crippen molar-refractivity contribution in [3.8, 4) is 11.1 Å². The molecule has 1 aromatic heterocycles. The first-order valence-corrected chi connectivity index (χ1v) is 7.69. The Kier molecular flexibility index (Phi) is 2.76. The number of halogens is 1. The summed E-state index contributed by atoms with van der Waals surface area (Å²) < 4.78 is 2.53. The molecule has 4 aromatic rings. The lowest BCUT2D eigenvalue weighted by Gasteiger charge is -2.06. The van der Waals surface area contributed by atoms with Gasteiger partial charge in [0.2, 0.25) is 0 Å². The van der Waals surface area contributed by atoms with Crippen molar-refractivity contribution in [1.82, 2.24) is 0 Å². The van der Waals surface area contributed by atoms with Crippen molar-refractivity contribution in [3.63, 3.8) is 0 Å². The van der Waals surface area contributed by atoms with E-state index in [4.69, 9.17) is 11.6 Å². The summed E-state index contributed by atoms with van der Waals surface area (Å²) in [7, 11) is 0. The van der Waals surface area contributed by atoms with Gasteiger partial charge in [0.1, 0.15) is 0 Å². The van der Waals surface area contributed by atoms with Crippen LogP contribution in [-0.4, -0.2) is 0 Å². The van der Waals surface area contributed by atoms with Crippen LogP contribution in [0.4, 0.5) is 0 Å². The summed E-state index contributed by atoms with van der Waals surface area (Å²) >= 11 is 8.50. The lowest BCUT2D eigenvalue weighted by molar-refractivity contribution is 1.66. The van der Waals surface area contributed by atoms with Gasteiger partial charge in [-0.15, -0.1) is 11.3 Å². The molecule has 2 heteroatoms. The van der Waals surface area contributed by atoms with Crippen LogP contribution >= 0.6 is 22.9 Å². The fourth-order valence-electron chi connectivity index (χ4n) is 2.62. The molecule has 1 heterocycles. The average molecular weight is 295 g/mol. The summed E-state index contributed by atoms with van der Waals surface area (Å²) in [4.78, 5) is 0. The maximum absolute atomic E-state index is 6.70. The van der Waals surface area contributed by atoms with Crippen LogP contribution in [0, 0.1) is 0 Å². The van der Waals surface area contributed by atoms with Gasteiger partial charge < -0.3 is 0 Å². The Balaban J connectivity index is 2.10. The molecule has 0 N–H and O–H groups in total. The predicted molar refractivity (Wildman–Crippen MR) is 89.8 cm³/mol. The van der Waals surface area contributed by atoms with Crippen LogP contribution in [-0.2, 0) is 0 Å². The second-order valence-electron chi connectivity index (χ2n) is 4.76. The Bertz CT molecular complexity index is 907. The molecule has 0 radical (unpaired) electrons. The summed E-state index contributed by atoms with van der Waals surface area (Å²) in [5.74, 6) is 0.